The van der Waals surface area contributed by atoms with Crippen LogP contribution < -0.4 is 10.5 Å². The van der Waals surface area contributed by atoms with E-state index in [1.807, 2.05) is 31.2 Å². The van der Waals surface area contributed by atoms with Gasteiger partial charge in [0.05, 0.1) is 0 Å². The van der Waals surface area contributed by atoms with Crippen LogP contribution in [-0.4, -0.2) is 11.0 Å². The molecule has 0 spiro atoms. The summed E-state index contributed by atoms with van der Waals surface area (Å²) in [4.78, 5) is 9.82. The van der Waals surface area contributed by atoms with Crippen LogP contribution in [0.2, 0.25) is 0 Å². The van der Waals surface area contributed by atoms with Gasteiger partial charge in [0.25, 0.3) is 0 Å². The molecule has 4 heteroatoms. The minimum absolute atomic E-state index is 0.198. The molecule has 2 aromatic carbocycles. The maximum Gasteiger partial charge on any atom is 0.217 e. The second-order valence-electron chi connectivity index (χ2n) is 6.94. The molecule has 1 amide bonds. The summed E-state index contributed by atoms with van der Waals surface area (Å²) in [6.07, 6.45) is 2.48. The van der Waals surface area contributed by atoms with Gasteiger partial charge in [-0.2, -0.15) is 0 Å². The number of phenolic OH excluding ortho intramolecular Hbond substituents is 1. The van der Waals surface area contributed by atoms with Crippen molar-refractivity contribution in [2.75, 3.05) is 0 Å². The van der Waals surface area contributed by atoms with Gasteiger partial charge in [0.15, 0.2) is 0 Å². The number of hydrogen-bond donors (Lipinski definition) is 2. The molecular formula is C22H31NO3. The number of hydrogen-bond acceptors (Lipinski definition) is 3. The van der Waals surface area contributed by atoms with Crippen molar-refractivity contribution in [2.45, 2.75) is 59.0 Å². The molecule has 0 heterocycles. The first-order chi connectivity index (χ1) is 12.3. The van der Waals surface area contributed by atoms with Crippen molar-refractivity contribution in [3.63, 3.8) is 0 Å². The third-order valence-electron chi connectivity index (χ3n) is 4.33. The fraction of sp³-hybridized carbons (Fsp3) is 0.409. The van der Waals surface area contributed by atoms with E-state index in [1.165, 1.54) is 5.56 Å². The summed E-state index contributed by atoms with van der Waals surface area (Å²) < 4.78 is 5.74. The second-order valence-corrected chi connectivity index (χ2v) is 6.94. The molecule has 0 unspecified atom stereocenters. The van der Waals surface area contributed by atoms with E-state index in [0.717, 1.165) is 24.2 Å². The summed E-state index contributed by atoms with van der Waals surface area (Å²) in [5.74, 6) is 0.910. The van der Waals surface area contributed by atoms with Crippen LogP contribution in [0, 0.1) is 0 Å². The van der Waals surface area contributed by atoms with Gasteiger partial charge in [0, 0.05) is 6.42 Å². The number of amides is 1. The van der Waals surface area contributed by atoms with Crippen molar-refractivity contribution < 1.29 is 14.6 Å². The molecule has 2 rings (SSSR count). The van der Waals surface area contributed by atoms with E-state index in [-0.39, 0.29) is 17.1 Å². The molecule has 3 N–H and O–H groups in total. The van der Waals surface area contributed by atoms with Crippen LogP contribution in [0.15, 0.2) is 48.5 Å². The van der Waals surface area contributed by atoms with Crippen LogP contribution >= 0.6 is 0 Å². The largest absolute Gasteiger partial charge is 0.508 e. The molecule has 0 saturated carbocycles. The van der Waals surface area contributed by atoms with Crippen molar-refractivity contribution >= 4 is 5.91 Å². The third kappa shape index (κ3) is 7.60. The van der Waals surface area contributed by atoms with E-state index in [1.54, 1.807) is 12.1 Å². The first-order valence-electron chi connectivity index (χ1n) is 9.08. The van der Waals surface area contributed by atoms with Crippen molar-refractivity contribution in [2.24, 2.45) is 5.73 Å². The molecular weight excluding hydrogens is 326 g/mol. The van der Waals surface area contributed by atoms with Gasteiger partial charge >= 0.3 is 0 Å². The standard InChI is InChI=1S/C18H22O2.C4H9NO/c1-4-18(2,3)15-8-10-17(11-9-15)20-13-14-6-5-7-16(19)12-14;1-2-3-4(5)6/h5-12,19H,4,13H2,1-3H3;2-3H2,1H3,(H2,5,6). The van der Waals surface area contributed by atoms with Crippen molar-refractivity contribution in [1.82, 2.24) is 0 Å². The molecule has 4 nitrogen and oxygen atoms in total. The number of benzene rings is 2. The zero-order valence-electron chi connectivity index (χ0n) is 16.3. The van der Waals surface area contributed by atoms with Gasteiger partial charge in [0.1, 0.15) is 18.1 Å². The van der Waals surface area contributed by atoms with Crippen LogP contribution in [0.25, 0.3) is 0 Å². The van der Waals surface area contributed by atoms with E-state index in [0.29, 0.717) is 13.0 Å². The number of phenols is 1. The van der Waals surface area contributed by atoms with Gasteiger partial charge < -0.3 is 15.6 Å². The Morgan fingerprint density at radius 2 is 1.77 bits per heavy atom. The molecule has 26 heavy (non-hydrogen) atoms. The van der Waals surface area contributed by atoms with Crippen molar-refractivity contribution in [1.29, 1.82) is 0 Å². The van der Waals surface area contributed by atoms with Crippen LogP contribution in [0.3, 0.4) is 0 Å². The van der Waals surface area contributed by atoms with Crippen LogP contribution in [0.5, 0.6) is 11.5 Å². The second kappa shape index (κ2) is 10.5. The number of carbonyl (C=O) groups excluding carboxylic acids is 1. The lowest BCUT2D eigenvalue weighted by atomic mass is 9.82. The lowest BCUT2D eigenvalue weighted by Gasteiger charge is -2.23. The van der Waals surface area contributed by atoms with Crippen LogP contribution in [0.1, 0.15) is 58.1 Å². The highest BCUT2D eigenvalue weighted by atomic mass is 16.5. The van der Waals surface area contributed by atoms with Crippen molar-refractivity contribution in [3.05, 3.63) is 59.7 Å². The minimum atomic E-state index is -0.211. The molecule has 0 saturated heterocycles. The molecule has 0 aromatic heterocycles. The Morgan fingerprint density at radius 3 is 2.23 bits per heavy atom. The smallest absolute Gasteiger partial charge is 0.217 e. The average molecular weight is 357 g/mol. The summed E-state index contributed by atoms with van der Waals surface area (Å²) in [5, 5.41) is 9.41. The van der Waals surface area contributed by atoms with Crippen LogP contribution in [-0.2, 0) is 16.8 Å². The number of ether oxygens (including phenoxy) is 1. The van der Waals surface area contributed by atoms with E-state index in [9.17, 15) is 9.90 Å². The minimum Gasteiger partial charge on any atom is -0.508 e. The van der Waals surface area contributed by atoms with Crippen molar-refractivity contribution in [3.8, 4) is 11.5 Å². The Kier molecular flexibility index (Phi) is 8.70. The summed E-state index contributed by atoms with van der Waals surface area (Å²) in [7, 11) is 0. The molecule has 0 bridgehead atoms. The molecule has 0 aliphatic rings. The van der Waals surface area contributed by atoms with E-state index < -0.39 is 0 Å². The zero-order chi connectivity index (χ0) is 19.6. The van der Waals surface area contributed by atoms with Gasteiger partial charge in [0.2, 0.25) is 5.91 Å². The predicted molar refractivity (Wildman–Crippen MR) is 106 cm³/mol. The summed E-state index contributed by atoms with van der Waals surface area (Å²) in [5.41, 5.74) is 7.25. The number of aromatic hydroxyl groups is 1. The topological polar surface area (TPSA) is 72.6 Å². The Bertz CT molecular complexity index is 678. The number of primary amides is 1. The van der Waals surface area contributed by atoms with Gasteiger partial charge in [-0.3, -0.25) is 4.79 Å². The molecule has 0 aliphatic heterocycles. The number of rotatable bonds is 7. The first-order valence-corrected chi connectivity index (χ1v) is 9.08. The SMILES string of the molecule is CCC(C)(C)c1ccc(OCc2cccc(O)c2)cc1.CCCC(N)=O. The van der Waals surface area contributed by atoms with Crippen LogP contribution in [0.4, 0.5) is 0 Å². The maximum atomic E-state index is 9.82. The first kappa shape index (κ1) is 21.6. The Morgan fingerprint density at radius 1 is 1.12 bits per heavy atom. The fourth-order valence-corrected chi connectivity index (χ4v) is 2.27. The average Bonchev–Trinajstić information content (AvgIpc) is 2.61. The maximum absolute atomic E-state index is 9.82. The monoisotopic (exact) mass is 357 g/mol. The van der Waals surface area contributed by atoms with Gasteiger partial charge in [-0.1, -0.05) is 52.0 Å². The van der Waals surface area contributed by atoms with Gasteiger partial charge in [-0.25, -0.2) is 0 Å². The predicted octanol–water partition coefficient (Wildman–Crippen LogP) is 4.93. The molecule has 0 radical (unpaired) electrons. The lowest BCUT2D eigenvalue weighted by Crippen LogP contribution is -2.15. The molecule has 142 valence electrons. The number of nitrogens with two attached hydrogens (primary N) is 1. The van der Waals surface area contributed by atoms with E-state index in [2.05, 4.69) is 32.9 Å². The fourth-order valence-electron chi connectivity index (χ4n) is 2.27. The number of carbonyl (C=O) groups is 1. The third-order valence-corrected chi connectivity index (χ3v) is 4.33. The van der Waals surface area contributed by atoms with E-state index >= 15 is 0 Å². The highest BCUT2D eigenvalue weighted by Crippen LogP contribution is 2.28. The Hall–Kier alpha value is -2.49. The van der Waals surface area contributed by atoms with Gasteiger partial charge in [-0.15, -0.1) is 0 Å². The summed E-state index contributed by atoms with van der Waals surface area (Å²) >= 11 is 0. The zero-order valence-corrected chi connectivity index (χ0v) is 16.3. The Labute approximate surface area is 157 Å². The molecule has 0 fully saturated rings. The Balaban J connectivity index is 0.000000487. The summed E-state index contributed by atoms with van der Waals surface area (Å²) in [6.45, 7) is 9.08. The van der Waals surface area contributed by atoms with Gasteiger partial charge in [-0.05, 0) is 53.6 Å². The molecule has 0 aliphatic carbocycles. The lowest BCUT2D eigenvalue weighted by molar-refractivity contribution is -0.118. The van der Waals surface area contributed by atoms with E-state index in [4.69, 9.17) is 10.5 Å². The molecule has 2 aromatic rings. The normalized spacial score (nSPS) is 10.6. The quantitative estimate of drug-likeness (QED) is 0.738. The highest BCUT2D eigenvalue weighted by molar-refractivity contribution is 5.73. The molecule has 0 atom stereocenters. The highest BCUT2D eigenvalue weighted by Gasteiger charge is 2.17. The summed E-state index contributed by atoms with van der Waals surface area (Å²) in [6, 6.07) is 15.4.